The third-order valence-corrected chi connectivity index (χ3v) is 5.27. The Labute approximate surface area is 124 Å². The molecular weight excluding hydrogens is 305 g/mol. The van der Waals surface area contributed by atoms with Crippen LogP contribution in [0.1, 0.15) is 51.6 Å². The van der Waals surface area contributed by atoms with Crippen LogP contribution in [0.15, 0.2) is 22.7 Å². The summed E-state index contributed by atoms with van der Waals surface area (Å²) >= 11 is 3.26. The van der Waals surface area contributed by atoms with Crippen molar-refractivity contribution in [3.05, 3.63) is 34.1 Å². The molecule has 1 N–H and O–H groups in total. The standard InChI is InChI=1S/C16H23BrFN/c1-4-12-6-8-16(10(12)2)19-11(3)13-5-7-15(18)14(17)9-13/h5,7,9-12,16,19H,4,6,8H2,1-3H3. The average molecular weight is 328 g/mol. The van der Waals surface area contributed by atoms with Gasteiger partial charge >= 0.3 is 0 Å². The van der Waals surface area contributed by atoms with Gasteiger partial charge in [-0.2, -0.15) is 0 Å². The summed E-state index contributed by atoms with van der Waals surface area (Å²) in [5.74, 6) is 1.39. The maximum atomic E-state index is 13.3. The molecule has 1 saturated carbocycles. The van der Waals surface area contributed by atoms with E-state index in [1.54, 1.807) is 0 Å². The Morgan fingerprint density at radius 2 is 2.16 bits per heavy atom. The number of hydrogen-bond acceptors (Lipinski definition) is 1. The van der Waals surface area contributed by atoms with Gasteiger partial charge in [-0.05, 0) is 65.2 Å². The third kappa shape index (κ3) is 3.38. The molecule has 2 rings (SSSR count). The summed E-state index contributed by atoms with van der Waals surface area (Å²) in [5, 5.41) is 3.71. The van der Waals surface area contributed by atoms with Crippen LogP contribution in [0.25, 0.3) is 0 Å². The van der Waals surface area contributed by atoms with E-state index in [4.69, 9.17) is 0 Å². The van der Waals surface area contributed by atoms with Crippen molar-refractivity contribution < 1.29 is 4.39 Å². The summed E-state index contributed by atoms with van der Waals surface area (Å²) in [5.41, 5.74) is 1.14. The Morgan fingerprint density at radius 3 is 2.74 bits per heavy atom. The highest BCUT2D eigenvalue weighted by atomic mass is 79.9. The Hall–Kier alpha value is -0.410. The zero-order valence-corrected chi connectivity index (χ0v) is 13.5. The molecule has 0 radical (unpaired) electrons. The third-order valence-electron chi connectivity index (χ3n) is 4.66. The molecule has 1 fully saturated rings. The lowest BCUT2D eigenvalue weighted by atomic mass is 9.93. The van der Waals surface area contributed by atoms with Crippen LogP contribution < -0.4 is 5.32 Å². The Kier molecular flexibility index (Phi) is 5.02. The van der Waals surface area contributed by atoms with Crippen LogP contribution in [0, 0.1) is 17.7 Å². The molecule has 1 aliphatic rings. The van der Waals surface area contributed by atoms with Gasteiger partial charge in [0.05, 0.1) is 4.47 Å². The molecule has 0 aromatic heterocycles. The maximum absolute atomic E-state index is 13.3. The van der Waals surface area contributed by atoms with Crippen molar-refractivity contribution in [1.29, 1.82) is 0 Å². The molecule has 3 heteroatoms. The lowest BCUT2D eigenvalue weighted by molar-refractivity contribution is 0.327. The normalized spacial score (nSPS) is 28.6. The Morgan fingerprint density at radius 1 is 1.42 bits per heavy atom. The molecule has 0 heterocycles. The van der Waals surface area contributed by atoms with Crippen LogP contribution in [-0.4, -0.2) is 6.04 Å². The van der Waals surface area contributed by atoms with E-state index in [9.17, 15) is 4.39 Å². The van der Waals surface area contributed by atoms with E-state index >= 15 is 0 Å². The summed E-state index contributed by atoms with van der Waals surface area (Å²) in [6.45, 7) is 6.79. The van der Waals surface area contributed by atoms with E-state index in [1.807, 2.05) is 12.1 Å². The van der Waals surface area contributed by atoms with E-state index in [1.165, 1.54) is 25.3 Å². The fourth-order valence-corrected chi connectivity index (χ4v) is 3.65. The van der Waals surface area contributed by atoms with Crippen molar-refractivity contribution in [1.82, 2.24) is 5.32 Å². The topological polar surface area (TPSA) is 12.0 Å². The summed E-state index contributed by atoms with van der Waals surface area (Å²) in [7, 11) is 0. The molecule has 0 spiro atoms. The van der Waals surface area contributed by atoms with Crippen molar-refractivity contribution in [2.24, 2.45) is 11.8 Å². The fraction of sp³-hybridized carbons (Fsp3) is 0.625. The van der Waals surface area contributed by atoms with E-state index in [0.29, 0.717) is 10.5 Å². The van der Waals surface area contributed by atoms with Crippen molar-refractivity contribution >= 4 is 15.9 Å². The lowest BCUT2D eigenvalue weighted by Gasteiger charge is -2.25. The van der Waals surface area contributed by atoms with Gasteiger partial charge in [-0.3, -0.25) is 0 Å². The lowest BCUT2D eigenvalue weighted by Crippen LogP contribution is -2.34. The van der Waals surface area contributed by atoms with Gasteiger partial charge in [0.25, 0.3) is 0 Å². The first-order valence-electron chi connectivity index (χ1n) is 7.24. The largest absolute Gasteiger partial charge is 0.307 e. The smallest absolute Gasteiger partial charge is 0.137 e. The number of halogens is 2. The predicted molar refractivity (Wildman–Crippen MR) is 81.6 cm³/mol. The van der Waals surface area contributed by atoms with Crippen LogP contribution in [0.5, 0.6) is 0 Å². The molecule has 4 unspecified atom stereocenters. The second-order valence-corrected chi connectivity index (χ2v) is 6.63. The molecule has 0 saturated heterocycles. The highest BCUT2D eigenvalue weighted by Gasteiger charge is 2.32. The van der Waals surface area contributed by atoms with Crippen molar-refractivity contribution in [2.45, 2.75) is 52.1 Å². The highest BCUT2D eigenvalue weighted by Crippen LogP contribution is 2.35. The molecule has 19 heavy (non-hydrogen) atoms. The second-order valence-electron chi connectivity index (χ2n) is 5.77. The van der Waals surface area contributed by atoms with Gasteiger partial charge in [-0.1, -0.05) is 26.3 Å². The number of rotatable bonds is 4. The summed E-state index contributed by atoms with van der Waals surface area (Å²) < 4.78 is 13.8. The van der Waals surface area contributed by atoms with Gasteiger partial charge in [0.2, 0.25) is 0 Å². The van der Waals surface area contributed by atoms with Gasteiger partial charge < -0.3 is 5.32 Å². The van der Waals surface area contributed by atoms with Crippen molar-refractivity contribution in [3.63, 3.8) is 0 Å². The number of hydrogen-bond donors (Lipinski definition) is 1. The molecule has 1 aromatic rings. The maximum Gasteiger partial charge on any atom is 0.137 e. The van der Waals surface area contributed by atoms with Gasteiger partial charge in [-0.15, -0.1) is 0 Å². The molecule has 0 aliphatic heterocycles. The zero-order chi connectivity index (χ0) is 14.0. The average Bonchev–Trinajstić information content (AvgIpc) is 2.73. The summed E-state index contributed by atoms with van der Waals surface area (Å²) in [6, 6.07) is 6.13. The Balaban J connectivity index is 2.01. The highest BCUT2D eigenvalue weighted by molar-refractivity contribution is 9.10. The van der Waals surface area contributed by atoms with Crippen molar-refractivity contribution in [3.8, 4) is 0 Å². The zero-order valence-electron chi connectivity index (χ0n) is 11.9. The molecule has 1 aromatic carbocycles. The van der Waals surface area contributed by atoms with Crippen LogP contribution in [0.3, 0.4) is 0 Å². The SMILES string of the molecule is CCC1CCC(NC(C)c2ccc(F)c(Br)c2)C1C. The van der Waals surface area contributed by atoms with Gasteiger partial charge in [0.1, 0.15) is 5.82 Å². The minimum atomic E-state index is -0.198. The minimum absolute atomic E-state index is 0.198. The van der Waals surface area contributed by atoms with E-state index < -0.39 is 0 Å². The van der Waals surface area contributed by atoms with E-state index in [-0.39, 0.29) is 11.9 Å². The second kappa shape index (κ2) is 6.36. The molecule has 1 aliphatic carbocycles. The fourth-order valence-electron chi connectivity index (χ4n) is 3.26. The quantitative estimate of drug-likeness (QED) is 0.814. The van der Waals surface area contributed by atoms with Crippen molar-refractivity contribution in [2.75, 3.05) is 0 Å². The predicted octanol–water partition coefficient (Wildman–Crippen LogP) is 5.06. The van der Waals surface area contributed by atoms with Gasteiger partial charge in [0.15, 0.2) is 0 Å². The monoisotopic (exact) mass is 327 g/mol. The summed E-state index contributed by atoms with van der Waals surface area (Å²) in [6.07, 6.45) is 3.86. The van der Waals surface area contributed by atoms with E-state index in [0.717, 1.165) is 17.4 Å². The van der Waals surface area contributed by atoms with Gasteiger partial charge in [-0.25, -0.2) is 4.39 Å². The van der Waals surface area contributed by atoms with Crippen LogP contribution in [-0.2, 0) is 0 Å². The van der Waals surface area contributed by atoms with Crippen LogP contribution in [0.2, 0.25) is 0 Å². The molecule has 106 valence electrons. The minimum Gasteiger partial charge on any atom is -0.307 e. The summed E-state index contributed by atoms with van der Waals surface area (Å²) in [4.78, 5) is 0. The number of benzene rings is 1. The molecule has 0 bridgehead atoms. The first-order valence-corrected chi connectivity index (χ1v) is 8.03. The Bertz CT molecular complexity index is 435. The van der Waals surface area contributed by atoms with E-state index in [2.05, 4.69) is 42.0 Å². The van der Waals surface area contributed by atoms with Crippen LogP contribution in [0.4, 0.5) is 4.39 Å². The van der Waals surface area contributed by atoms with Gasteiger partial charge in [0, 0.05) is 12.1 Å². The molecule has 0 amide bonds. The molecular formula is C16H23BrFN. The number of nitrogens with one attached hydrogen (secondary N) is 1. The molecule has 1 nitrogen and oxygen atoms in total. The molecule has 4 atom stereocenters. The van der Waals surface area contributed by atoms with Crippen LogP contribution >= 0.6 is 15.9 Å². The first kappa shape index (κ1) is 15.0. The first-order chi connectivity index (χ1) is 9.02.